The molecule has 0 saturated carbocycles. The fraction of sp³-hybridized carbons (Fsp3) is 0.400. The molecule has 2 nitrogen and oxygen atoms in total. The van der Waals surface area contributed by atoms with Gasteiger partial charge in [-0.3, -0.25) is 0 Å². The summed E-state index contributed by atoms with van der Waals surface area (Å²) in [5.74, 6) is -1.00. The van der Waals surface area contributed by atoms with Crippen molar-refractivity contribution in [2.24, 2.45) is 5.73 Å². The molecule has 0 bridgehead atoms. The van der Waals surface area contributed by atoms with Crippen LogP contribution in [0.3, 0.4) is 0 Å². The Morgan fingerprint density at radius 3 is 2.38 bits per heavy atom. The molecule has 0 saturated heterocycles. The van der Waals surface area contributed by atoms with Crippen molar-refractivity contribution in [2.75, 3.05) is 6.61 Å². The van der Waals surface area contributed by atoms with Crippen molar-refractivity contribution in [3.63, 3.8) is 0 Å². The molecular formula is C10H11F4NO. The molecule has 0 fully saturated rings. The highest BCUT2D eigenvalue weighted by molar-refractivity contribution is 5.28. The number of hydrogen-bond acceptors (Lipinski definition) is 2. The van der Waals surface area contributed by atoms with Crippen molar-refractivity contribution in [3.05, 3.63) is 35.1 Å². The molecule has 0 aliphatic rings. The number of nitrogens with two attached hydrogens (primary N) is 1. The highest BCUT2D eigenvalue weighted by Gasteiger charge is 2.31. The minimum absolute atomic E-state index is 0.0259. The third-order valence-electron chi connectivity index (χ3n) is 2.17. The summed E-state index contributed by atoms with van der Waals surface area (Å²) < 4.78 is 49.9. The lowest BCUT2D eigenvalue weighted by atomic mass is 10.0. The number of halogens is 4. The Bertz CT molecular complexity index is 364. The minimum Gasteiger partial charge on any atom is -0.396 e. The second-order valence-electron chi connectivity index (χ2n) is 3.35. The van der Waals surface area contributed by atoms with E-state index < -0.39 is 23.6 Å². The first-order valence-corrected chi connectivity index (χ1v) is 4.59. The van der Waals surface area contributed by atoms with Crippen LogP contribution in [0.2, 0.25) is 0 Å². The van der Waals surface area contributed by atoms with E-state index in [4.69, 9.17) is 10.8 Å². The number of rotatable bonds is 3. The molecule has 0 unspecified atom stereocenters. The predicted octanol–water partition coefficient (Wildman–Crippen LogP) is 2.23. The molecule has 0 radical (unpaired) electrons. The zero-order chi connectivity index (χ0) is 12.3. The van der Waals surface area contributed by atoms with Gasteiger partial charge in [0.05, 0.1) is 5.56 Å². The molecule has 0 heterocycles. The van der Waals surface area contributed by atoms with Crippen molar-refractivity contribution in [3.8, 4) is 0 Å². The maximum atomic E-state index is 13.3. The van der Waals surface area contributed by atoms with E-state index in [1.54, 1.807) is 0 Å². The highest BCUT2D eigenvalue weighted by atomic mass is 19.4. The van der Waals surface area contributed by atoms with Gasteiger partial charge in [0.2, 0.25) is 0 Å². The molecule has 1 atom stereocenters. The highest BCUT2D eigenvalue weighted by Crippen LogP contribution is 2.31. The Labute approximate surface area is 89.7 Å². The van der Waals surface area contributed by atoms with Gasteiger partial charge in [0.1, 0.15) is 5.82 Å². The molecular weight excluding hydrogens is 226 g/mol. The van der Waals surface area contributed by atoms with E-state index in [0.717, 1.165) is 12.1 Å². The first-order chi connectivity index (χ1) is 7.36. The van der Waals surface area contributed by atoms with Gasteiger partial charge in [-0.05, 0) is 18.6 Å². The van der Waals surface area contributed by atoms with E-state index in [0.29, 0.717) is 6.07 Å². The number of aliphatic hydroxyl groups excluding tert-OH is 1. The van der Waals surface area contributed by atoms with Gasteiger partial charge in [-0.15, -0.1) is 0 Å². The molecule has 0 aliphatic heterocycles. The molecule has 1 aromatic rings. The largest absolute Gasteiger partial charge is 0.416 e. The second-order valence-corrected chi connectivity index (χ2v) is 3.35. The fourth-order valence-electron chi connectivity index (χ4n) is 1.30. The van der Waals surface area contributed by atoms with E-state index in [1.165, 1.54) is 0 Å². The summed E-state index contributed by atoms with van der Waals surface area (Å²) in [6, 6.07) is 1.38. The smallest absolute Gasteiger partial charge is 0.396 e. The summed E-state index contributed by atoms with van der Waals surface area (Å²) in [6.07, 6.45) is -4.47. The van der Waals surface area contributed by atoms with Crippen LogP contribution in [0.4, 0.5) is 17.6 Å². The molecule has 90 valence electrons. The van der Waals surface area contributed by atoms with Gasteiger partial charge in [-0.2, -0.15) is 13.2 Å². The quantitative estimate of drug-likeness (QED) is 0.792. The Hall–Kier alpha value is -1.14. The molecule has 16 heavy (non-hydrogen) atoms. The summed E-state index contributed by atoms with van der Waals surface area (Å²) in [4.78, 5) is 0. The van der Waals surface area contributed by atoms with E-state index in [9.17, 15) is 17.6 Å². The molecule has 0 aliphatic carbocycles. The van der Waals surface area contributed by atoms with Crippen LogP contribution in [0.5, 0.6) is 0 Å². The lowest BCUT2D eigenvalue weighted by Gasteiger charge is -2.13. The second kappa shape index (κ2) is 4.80. The lowest BCUT2D eigenvalue weighted by molar-refractivity contribution is -0.137. The summed E-state index contributed by atoms with van der Waals surface area (Å²) in [6.45, 7) is -0.248. The van der Waals surface area contributed by atoms with Crippen LogP contribution in [-0.2, 0) is 6.18 Å². The lowest BCUT2D eigenvalue weighted by Crippen LogP contribution is -2.15. The first kappa shape index (κ1) is 12.9. The van der Waals surface area contributed by atoms with Crippen LogP contribution in [0, 0.1) is 5.82 Å². The third kappa shape index (κ3) is 2.93. The van der Waals surface area contributed by atoms with Gasteiger partial charge in [-0.1, -0.05) is 6.07 Å². The molecule has 1 rings (SSSR count). The van der Waals surface area contributed by atoms with Crippen molar-refractivity contribution in [2.45, 2.75) is 18.6 Å². The normalized spacial score (nSPS) is 13.9. The summed E-state index contributed by atoms with van der Waals surface area (Å²) in [5.41, 5.74) is 4.41. The van der Waals surface area contributed by atoms with Crippen molar-refractivity contribution in [1.29, 1.82) is 0 Å². The number of benzene rings is 1. The van der Waals surface area contributed by atoms with E-state index in [2.05, 4.69) is 0 Å². The summed E-state index contributed by atoms with van der Waals surface area (Å²) in [7, 11) is 0. The van der Waals surface area contributed by atoms with E-state index in [1.807, 2.05) is 0 Å². The van der Waals surface area contributed by atoms with Gasteiger partial charge in [-0.25, -0.2) is 4.39 Å². The monoisotopic (exact) mass is 237 g/mol. The summed E-state index contributed by atoms with van der Waals surface area (Å²) in [5, 5.41) is 8.59. The van der Waals surface area contributed by atoms with Crippen molar-refractivity contribution in [1.82, 2.24) is 0 Å². The molecule has 0 amide bonds. The molecule has 1 aromatic carbocycles. The summed E-state index contributed by atoms with van der Waals surface area (Å²) >= 11 is 0. The molecule has 0 spiro atoms. The maximum absolute atomic E-state index is 13.3. The maximum Gasteiger partial charge on any atom is 0.416 e. The Morgan fingerprint density at radius 2 is 1.94 bits per heavy atom. The zero-order valence-electron chi connectivity index (χ0n) is 8.26. The van der Waals surface area contributed by atoms with Crippen molar-refractivity contribution < 1.29 is 22.7 Å². The average Bonchev–Trinajstić information content (AvgIpc) is 2.16. The van der Waals surface area contributed by atoms with Crippen LogP contribution in [0.1, 0.15) is 23.6 Å². The molecule has 6 heteroatoms. The average molecular weight is 237 g/mol. The van der Waals surface area contributed by atoms with Crippen LogP contribution < -0.4 is 5.73 Å². The topological polar surface area (TPSA) is 46.2 Å². The van der Waals surface area contributed by atoms with Gasteiger partial charge in [0, 0.05) is 18.2 Å². The van der Waals surface area contributed by atoms with Crippen LogP contribution in [-0.4, -0.2) is 11.7 Å². The molecule has 0 aromatic heterocycles. The van der Waals surface area contributed by atoms with Crippen LogP contribution >= 0.6 is 0 Å². The molecule has 3 N–H and O–H groups in total. The van der Waals surface area contributed by atoms with Gasteiger partial charge < -0.3 is 10.8 Å². The number of alkyl halides is 3. The van der Waals surface area contributed by atoms with Gasteiger partial charge >= 0.3 is 6.18 Å². The number of hydrogen-bond donors (Lipinski definition) is 2. The Kier molecular flexibility index (Phi) is 3.88. The zero-order valence-corrected chi connectivity index (χ0v) is 8.26. The predicted molar refractivity (Wildman–Crippen MR) is 50.0 cm³/mol. The van der Waals surface area contributed by atoms with E-state index >= 15 is 0 Å². The first-order valence-electron chi connectivity index (χ1n) is 4.59. The van der Waals surface area contributed by atoms with Crippen LogP contribution in [0.25, 0.3) is 0 Å². The third-order valence-corrected chi connectivity index (χ3v) is 2.17. The minimum atomic E-state index is -4.57. The van der Waals surface area contributed by atoms with Crippen molar-refractivity contribution >= 4 is 0 Å². The Morgan fingerprint density at radius 1 is 1.31 bits per heavy atom. The Balaban J connectivity index is 3.00. The van der Waals surface area contributed by atoms with Crippen LogP contribution in [0.15, 0.2) is 18.2 Å². The number of aliphatic hydroxyl groups is 1. The van der Waals surface area contributed by atoms with Gasteiger partial charge in [0.15, 0.2) is 0 Å². The SMILES string of the molecule is N[C@H](CCO)c1ccc(C(F)(F)F)cc1F. The fourth-order valence-corrected chi connectivity index (χ4v) is 1.30. The van der Waals surface area contributed by atoms with E-state index in [-0.39, 0.29) is 18.6 Å². The van der Waals surface area contributed by atoms with Gasteiger partial charge in [0.25, 0.3) is 0 Å². The standard InChI is InChI=1S/C10H11F4NO/c11-8-5-6(10(12,13)14)1-2-7(8)9(15)3-4-16/h1-2,5,9,16H,3-4,15H2/t9-/m1/s1.